The van der Waals surface area contributed by atoms with Crippen molar-refractivity contribution in [1.29, 1.82) is 0 Å². The highest BCUT2D eigenvalue weighted by atomic mass is 19.4. The molecule has 7 heteroatoms. The Morgan fingerprint density at radius 1 is 1.29 bits per heavy atom. The zero-order valence-corrected chi connectivity index (χ0v) is 8.52. The van der Waals surface area contributed by atoms with Gasteiger partial charge in [-0.2, -0.15) is 18.2 Å². The van der Waals surface area contributed by atoms with Gasteiger partial charge in [0.05, 0.1) is 0 Å². The van der Waals surface area contributed by atoms with Gasteiger partial charge >= 0.3 is 6.18 Å². The van der Waals surface area contributed by atoms with Crippen LogP contribution in [0.3, 0.4) is 0 Å². The molecule has 3 nitrogen and oxygen atoms in total. The molecule has 0 aromatic heterocycles. The molecule has 1 N–H and O–H groups in total. The molecular formula is C10H6F4N2O. The number of aromatic nitrogens is 2. The van der Waals surface area contributed by atoms with E-state index in [-0.39, 0.29) is 17.0 Å². The maximum absolute atomic E-state index is 13.2. The molecule has 0 radical (unpaired) electrons. The summed E-state index contributed by atoms with van der Waals surface area (Å²) < 4.78 is 50.3. The zero-order valence-electron chi connectivity index (χ0n) is 8.52. The Morgan fingerprint density at radius 2 is 1.94 bits per heavy atom. The number of H-pyrrole nitrogens is 1. The van der Waals surface area contributed by atoms with Crippen molar-refractivity contribution in [2.24, 2.45) is 0 Å². The van der Waals surface area contributed by atoms with Crippen molar-refractivity contribution in [1.82, 2.24) is 9.97 Å². The van der Waals surface area contributed by atoms with Crippen molar-refractivity contribution < 1.29 is 17.6 Å². The van der Waals surface area contributed by atoms with Crippen LogP contribution in [-0.4, -0.2) is 9.97 Å². The number of hydrogen-bond acceptors (Lipinski definition) is 2. The zero-order chi connectivity index (χ0) is 12.8. The Labute approximate surface area is 92.5 Å². The molecule has 0 saturated heterocycles. The topological polar surface area (TPSA) is 45.8 Å². The fourth-order valence-corrected chi connectivity index (χ4v) is 1.42. The van der Waals surface area contributed by atoms with Gasteiger partial charge in [-0.1, -0.05) is 0 Å². The van der Waals surface area contributed by atoms with Crippen LogP contribution in [0, 0.1) is 12.7 Å². The number of halogens is 4. The van der Waals surface area contributed by atoms with Crippen LogP contribution < -0.4 is 5.56 Å². The van der Waals surface area contributed by atoms with Crippen LogP contribution in [0.15, 0.2) is 16.9 Å². The van der Waals surface area contributed by atoms with Crippen molar-refractivity contribution in [2.45, 2.75) is 13.1 Å². The van der Waals surface area contributed by atoms with Crippen molar-refractivity contribution in [3.8, 4) is 11.4 Å². The van der Waals surface area contributed by atoms with Gasteiger partial charge in [0.15, 0.2) is 11.5 Å². The van der Waals surface area contributed by atoms with Crippen LogP contribution in [0.25, 0.3) is 11.4 Å². The van der Waals surface area contributed by atoms with E-state index in [0.29, 0.717) is 6.07 Å². The van der Waals surface area contributed by atoms with E-state index in [1.165, 1.54) is 13.0 Å². The lowest BCUT2D eigenvalue weighted by molar-refractivity contribution is -0.143. The van der Waals surface area contributed by atoms with Gasteiger partial charge in [-0.3, -0.25) is 4.79 Å². The minimum Gasteiger partial charge on any atom is -0.333 e. The average Bonchev–Trinajstić information content (AvgIpc) is 2.18. The Balaban J connectivity index is 2.78. The van der Waals surface area contributed by atoms with Crippen LogP contribution in [0.1, 0.15) is 11.3 Å². The quantitative estimate of drug-likeness (QED) is 0.725. The first-order valence-electron chi connectivity index (χ1n) is 4.56. The molecule has 2 aliphatic heterocycles. The van der Waals surface area contributed by atoms with Gasteiger partial charge < -0.3 is 4.98 Å². The molecule has 17 heavy (non-hydrogen) atoms. The second-order valence-electron chi connectivity index (χ2n) is 3.54. The first kappa shape index (κ1) is 11.6. The maximum Gasteiger partial charge on any atom is 0.434 e. The predicted molar refractivity (Wildman–Crippen MR) is 51.2 cm³/mol. The molecule has 0 aliphatic carbocycles. The Kier molecular flexibility index (Phi) is 2.41. The lowest BCUT2D eigenvalue weighted by Gasteiger charge is -2.12. The SMILES string of the molecule is Cc1cc2cc(F)c(C(F)(F)F)[nH]c-2nc1=O. The third-order valence-electron chi connectivity index (χ3n) is 2.24. The summed E-state index contributed by atoms with van der Waals surface area (Å²) in [5, 5.41) is 0. The third-order valence-corrected chi connectivity index (χ3v) is 2.24. The number of alkyl halides is 3. The predicted octanol–water partition coefficient (Wildman–Crippen LogP) is 2.34. The molecule has 0 aromatic rings. The second-order valence-corrected chi connectivity index (χ2v) is 3.54. The average molecular weight is 246 g/mol. The van der Waals surface area contributed by atoms with E-state index in [0.717, 1.165) is 0 Å². The molecule has 0 amide bonds. The summed E-state index contributed by atoms with van der Waals surface area (Å²) in [5.41, 5.74) is -1.83. The van der Waals surface area contributed by atoms with Gasteiger partial charge in [-0.25, -0.2) is 4.39 Å². The molecule has 0 unspecified atom stereocenters. The number of fused-ring (bicyclic) bond motifs is 1. The Hall–Kier alpha value is -1.92. The van der Waals surface area contributed by atoms with Crippen LogP contribution in [-0.2, 0) is 6.18 Å². The van der Waals surface area contributed by atoms with Crippen LogP contribution in [0.5, 0.6) is 0 Å². The smallest absolute Gasteiger partial charge is 0.333 e. The van der Waals surface area contributed by atoms with E-state index in [2.05, 4.69) is 4.98 Å². The fraction of sp³-hybridized carbons (Fsp3) is 0.200. The molecule has 2 rings (SSSR count). The molecule has 0 atom stereocenters. The summed E-state index contributed by atoms with van der Waals surface area (Å²) in [5.74, 6) is -1.71. The van der Waals surface area contributed by atoms with Crippen molar-refractivity contribution in [2.75, 3.05) is 0 Å². The number of hydrogen-bond donors (Lipinski definition) is 1. The minimum atomic E-state index is -4.85. The molecule has 2 heterocycles. The molecule has 2 aliphatic rings. The van der Waals surface area contributed by atoms with E-state index < -0.39 is 23.2 Å². The lowest BCUT2D eigenvalue weighted by atomic mass is 10.1. The number of aromatic amines is 1. The summed E-state index contributed by atoms with van der Waals surface area (Å²) in [6, 6.07) is 1.98. The highest BCUT2D eigenvalue weighted by Crippen LogP contribution is 2.32. The van der Waals surface area contributed by atoms with Crippen LogP contribution in [0.4, 0.5) is 17.6 Å². The largest absolute Gasteiger partial charge is 0.434 e. The standard InChI is InChI=1S/C10H6F4N2O/c1-4-2-5-3-6(11)7(10(12,13)14)15-8(5)16-9(4)17/h2-3H,1H3,(H,15,16,17). The molecule has 0 aromatic carbocycles. The van der Waals surface area contributed by atoms with Crippen molar-refractivity contribution in [3.63, 3.8) is 0 Å². The fourth-order valence-electron chi connectivity index (χ4n) is 1.42. The van der Waals surface area contributed by atoms with Crippen molar-refractivity contribution in [3.05, 3.63) is 39.6 Å². The highest BCUT2D eigenvalue weighted by Gasteiger charge is 2.36. The van der Waals surface area contributed by atoms with Crippen LogP contribution >= 0.6 is 0 Å². The van der Waals surface area contributed by atoms with E-state index >= 15 is 0 Å². The number of aryl methyl sites for hydroxylation is 1. The van der Waals surface area contributed by atoms with Gasteiger partial charge in [0.1, 0.15) is 5.82 Å². The van der Waals surface area contributed by atoms with Gasteiger partial charge in [0.2, 0.25) is 0 Å². The third kappa shape index (κ3) is 2.00. The van der Waals surface area contributed by atoms with Gasteiger partial charge in [-0.05, 0) is 19.1 Å². The van der Waals surface area contributed by atoms with E-state index in [4.69, 9.17) is 0 Å². The van der Waals surface area contributed by atoms with Gasteiger partial charge in [0, 0.05) is 11.1 Å². The van der Waals surface area contributed by atoms with E-state index in [1.54, 1.807) is 4.98 Å². The molecular weight excluding hydrogens is 240 g/mol. The molecule has 0 spiro atoms. The molecule has 0 bridgehead atoms. The highest BCUT2D eigenvalue weighted by molar-refractivity contribution is 5.57. The second kappa shape index (κ2) is 3.54. The van der Waals surface area contributed by atoms with Gasteiger partial charge in [-0.15, -0.1) is 0 Å². The van der Waals surface area contributed by atoms with E-state index in [9.17, 15) is 22.4 Å². The lowest BCUT2D eigenvalue weighted by Crippen LogP contribution is -2.17. The molecule has 0 fully saturated rings. The molecule has 90 valence electrons. The maximum atomic E-state index is 13.2. The number of nitrogens with one attached hydrogen (secondary N) is 1. The number of nitrogens with zero attached hydrogens (tertiary/aromatic N) is 1. The van der Waals surface area contributed by atoms with Crippen molar-refractivity contribution >= 4 is 0 Å². The summed E-state index contributed by atoms with van der Waals surface area (Å²) >= 11 is 0. The summed E-state index contributed by atoms with van der Waals surface area (Å²) in [4.78, 5) is 16.4. The Bertz CT molecular complexity index is 603. The van der Waals surface area contributed by atoms with Crippen LogP contribution in [0.2, 0.25) is 0 Å². The Morgan fingerprint density at radius 3 is 2.53 bits per heavy atom. The summed E-state index contributed by atoms with van der Waals surface area (Å²) in [7, 11) is 0. The van der Waals surface area contributed by atoms with E-state index in [1.807, 2.05) is 0 Å². The normalized spacial score (nSPS) is 12.1. The summed E-state index contributed by atoms with van der Waals surface area (Å²) in [6.07, 6.45) is -4.85. The monoisotopic (exact) mass is 246 g/mol. The summed E-state index contributed by atoms with van der Waals surface area (Å²) in [6.45, 7) is 1.45. The van der Waals surface area contributed by atoms with Gasteiger partial charge in [0.25, 0.3) is 5.56 Å². The first-order chi connectivity index (χ1) is 7.79. The molecule has 0 saturated carbocycles. The number of rotatable bonds is 0. The number of pyridine rings is 2. The first-order valence-corrected chi connectivity index (χ1v) is 4.56. The minimum absolute atomic E-state index is 0.118.